The molecule has 0 spiro atoms. The molecule has 0 aliphatic carbocycles. The number of ketones is 1. The van der Waals surface area contributed by atoms with E-state index in [1.165, 1.54) is 11.8 Å². The molecule has 1 amide bonds. The van der Waals surface area contributed by atoms with Crippen LogP contribution in [0.5, 0.6) is 0 Å². The number of amides is 1. The van der Waals surface area contributed by atoms with Crippen LogP contribution in [-0.2, 0) is 6.54 Å². The number of hydrogen-bond acceptors (Lipinski definition) is 5. The van der Waals surface area contributed by atoms with Gasteiger partial charge in [0.1, 0.15) is 0 Å². The number of thioether (sulfide) groups is 1. The largest absolute Gasteiger partial charge is 0.360 e. The number of Topliss-reactive ketones (excluding diaryl/α,β-unsaturated/α-hetero) is 1. The number of hydrogen-bond donors (Lipinski definition) is 2. The number of benzene rings is 3. The summed E-state index contributed by atoms with van der Waals surface area (Å²) in [6.45, 7) is 4.10. The van der Waals surface area contributed by atoms with E-state index in [9.17, 15) is 14.4 Å². The van der Waals surface area contributed by atoms with Crippen LogP contribution < -0.4 is 10.9 Å². The summed E-state index contributed by atoms with van der Waals surface area (Å²) in [5, 5.41) is 4.57. The van der Waals surface area contributed by atoms with Gasteiger partial charge in [0.2, 0.25) is 0 Å². The maximum Gasteiger partial charge on any atom is 0.262 e. The SMILES string of the molecule is CC(C)NC(=O)c1ccc2c(=O)n(Cc3ccccc3)c(SCC(=O)c3c[nH]c4ccccc34)nc2c1. The van der Waals surface area contributed by atoms with Crippen LogP contribution in [0.25, 0.3) is 21.8 Å². The third kappa shape index (κ3) is 5.20. The molecule has 37 heavy (non-hydrogen) atoms. The normalized spacial score (nSPS) is 11.3. The average molecular weight is 511 g/mol. The number of fused-ring (bicyclic) bond motifs is 2. The number of carbonyl (C=O) groups excluding carboxylic acids is 2. The molecule has 0 saturated carbocycles. The van der Waals surface area contributed by atoms with Gasteiger partial charge >= 0.3 is 0 Å². The van der Waals surface area contributed by atoms with Crippen molar-refractivity contribution in [2.75, 3.05) is 5.75 Å². The topological polar surface area (TPSA) is 96.9 Å². The van der Waals surface area contributed by atoms with E-state index < -0.39 is 0 Å². The molecule has 5 rings (SSSR count). The summed E-state index contributed by atoms with van der Waals surface area (Å²) in [6.07, 6.45) is 1.72. The van der Waals surface area contributed by atoms with Crippen molar-refractivity contribution >= 4 is 45.3 Å². The van der Waals surface area contributed by atoms with Gasteiger partial charge in [-0.25, -0.2) is 4.98 Å². The molecule has 2 heterocycles. The fraction of sp³-hybridized carbons (Fsp3) is 0.172. The minimum atomic E-state index is -0.226. The lowest BCUT2D eigenvalue weighted by molar-refractivity contribution is 0.0942. The molecule has 2 N–H and O–H groups in total. The number of carbonyl (C=O) groups is 2. The summed E-state index contributed by atoms with van der Waals surface area (Å²) < 4.78 is 1.60. The number of para-hydroxylation sites is 1. The van der Waals surface area contributed by atoms with Crippen molar-refractivity contribution in [2.45, 2.75) is 31.6 Å². The summed E-state index contributed by atoms with van der Waals surface area (Å²) in [4.78, 5) is 47.2. The van der Waals surface area contributed by atoms with Gasteiger partial charge in [-0.15, -0.1) is 0 Å². The summed E-state index contributed by atoms with van der Waals surface area (Å²) in [6, 6.07) is 22.2. The Hall–Kier alpha value is -4.17. The Labute approximate surface area is 217 Å². The van der Waals surface area contributed by atoms with Crippen molar-refractivity contribution in [3.8, 4) is 0 Å². The molecule has 0 fully saturated rings. The Morgan fingerprint density at radius 1 is 1.00 bits per heavy atom. The lowest BCUT2D eigenvalue weighted by Gasteiger charge is -2.14. The van der Waals surface area contributed by atoms with Crippen molar-refractivity contribution in [1.29, 1.82) is 0 Å². The van der Waals surface area contributed by atoms with Crippen molar-refractivity contribution in [2.24, 2.45) is 0 Å². The van der Waals surface area contributed by atoms with E-state index in [0.717, 1.165) is 16.5 Å². The summed E-state index contributed by atoms with van der Waals surface area (Å²) >= 11 is 1.22. The summed E-state index contributed by atoms with van der Waals surface area (Å²) in [5.41, 5.74) is 3.09. The zero-order valence-electron chi connectivity index (χ0n) is 20.5. The highest BCUT2D eigenvalue weighted by atomic mass is 32.2. The number of aromatic amines is 1. The number of H-pyrrole nitrogens is 1. The molecular formula is C29H26N4O3S. The smallest absolute Gasteiger partial charge is 0.262 e. The standard InChI is InChI=1S/C29H26N4O3S/c1-18(2)31-27(35)20-12-13-22-25(14-20)32-29(33(28(22)36)16-19-8-4-3-5-9-19)37-17-26(34)23-15-30-24-11-7-6-10-21(23)24/h3-15,18,30H,16-17H2,1-2H3,(H,31,35). The van der Waals surface area contributed by atoms with Crippen LogP contribution in [0.15, 0.2) is 88.9 Å². The minimum Gasteiger partial charge on any atom is -0.360 e. The van der Waals surface area contributed by atoms with Crippen LogP contribution in [0.1, 0.15) is 40.1 Å². The van der Waals surface area contributed by atoms with Crippen molar-refractivity contribution in [3.05, 3.63) is 106 Å². The average Bonchev–Trinajstić information content (AvgIpc) is 3.33. The monoisotopic (exact) mass is 510 g/mol. The van der Waals surface area contributed by atoms with E-state index in [4.69, 9.17) is 4.98 Å². The molecule has 8 heteroatoms. The Bertz CT molecular complexity index is 1670. The first-order valence-corrected chi connectivity index (χ1v) is 13.0. The van der Waals surface area contributed by atoms with Crippen LogP contribution in [0.4, 0.5) is 0 Å². The fourth-order valence-corrected chi connectivity index (χ4v) is 5.09. The van der Waals surface area contributed by atoms with Crippen LogP contribution in [0.2, 0.25) is 0 Å². The first kappa shape index (κ1) is 24.5. The molecule has 0 aliphatic rings. The molecule has 0 saturated heterocycles. The number of nitrogens with zero attached hydrogens (tertiary/aromatic N) is 2. The van der Waals surface area contributed by atoms with E-state index in [2.05, 4.69) is 10.3 Å². The van der Waals surface area contributed by atoms with Crippen molar-refractivity contribution < 1.29 is 9.59 Å². The molecule has 0 atom stereocenters. The molecule has 0 unspecified atom stereocenters. The third-order valence-corrected chi connectivity index (χ3v) is 6.98. The highest BCUT2D eigenvalue weighted by Crippen LogP contribution is 2.24. The third-order valence-electron chi connectivity index (χ3n) is 6.01. The van der Waals surface area contributed by atoms with Crippen LogP contribution in [0.3, 0.4) is 0 Å². The summed E-state index contributed by atoms with van der Waals surface area (Å²) in [5.74, 6) is -0.175. The van der Waals surface area contributed by atoms with Gasteiger partial charge in [0.05, 0.1) is 23.2 Å². The Morgan fingerprint density at radius 3 is 2.54 bits per heavy atom. The highest BCUT2D eigenvalue weighted by molar-refractivity contribution is 7.99. The van der Waals surface area contributed by atoms with E-state index >= 15 is 0 Å². The second kappa shape index (κ2) is 10.4. The Balaban J connectivity index is 1.52. The minimum absolute atomic E-state index is 0.0170. The quantitative estimate of drug-likeness (QED) is 0.173. The first-order valence-electron chi connectivity index (χ1n) is 12.0. The Kier molecular flexibility index (Phi) is 6.92. The van der Waals surface area contributed by atoms with Gasteiger partial charge in [0.25, 0.3) is 11.5 Å². The first-order chi connectivity index (χ1) is 17.9. The summed E-state index contributed by atoms with van der Waals surface area (Å²) in [7, 11) is 0. The molecular weight excluding hydrogens is 484 g/mol. The van der Waals surface area contributed by atoms with Gasteiger partial charge in [-0.05, 0) is 43.7 Å². The van der Waals surface area contributed by atoms with Gasteiger partial charge in [0.15, 0.2) is 10.9 Å². The fourth-order valence-electron chi connectivity index (χ4n) is 4.21. The molecule has 0 aliphatic heterocycles. The molecule has 186 valence electrons. The predicted molar refractivity (Wildman–Crippen MR) is 148 cm³/mol. The van der Waals surface area contributed by atoms with E-state index in [0.29, 0.717) is 33.7 Å². The number of aromatic nitrogens is 3. The lowest BCUT2D eigenvalue weighted by atomic mass is 10.1. The van der Waals surface area contributed by atoms with Crippen LogP contribution >= 0.6 is 11.8 Å². The molecule has 5 aromatic rings. The van der Waals surface area contributed by atoms with Gasteiger partial charge in [-0.1, -0.05) is 60.3 Å². The van der Waals surface area contributed by atoms with E-state index in [1.54, 1.807) is 29.0 Å². The molecule has 3 aromatic carbocycles. The van der Waals surface area contributed by atoms with E-state index in [-0.39, 0.29) is 29.0 Å². The zero-order chi connectivity index (χ0) is 25.9. The van der Waals surface area contributed by atoms with Gasteiger partial charge in [0, 0.05) is 34.3 Å². The zero-order valence-corrected chi connectivity index (χ0v) is 21.3. The second-order valence-corrected chi connectivity index (χ2v) is 10.0. The van der Waals surface area contributed by atoms with Gasteiger partial charge < -0.3 is 10.3 Å². The van der Waals surface area contributed by atoms with Crippen molar-refractivity contribution in [3.63, 3.8) is 0 Å². The highest BCUT2D eigenvalue weighted by Gasteiger charge is 2.18. The second-order valence-electron chi connectivity index (χ2n) is 9.09. The Morgan fingerprint density at radius 2 is 1.76 bits per heavy atom. The van der Waals surface area contributed by atoms with Crippen LogP contribution in [-0.4, -0.2) is 38.0 Å². The molecule has 0 radical (unpaired) electrons. The molecule has 7 nitrogen and oxygen atoms in total. The van der Waals surface area contributed by atoms with Gasteiger partial charge in [-0.3, -0.25) is 19.0 Å². The number of rotatable bonds is 8. The number of nitrogens with one attached hydrogen (secondary N) is 2. The van der Waals surface area contributed by atoms with Crippen molar-refractivity contribution in [1.82, 2.24) is 19.9 Å². The predicted octanol–water partition coefficient (Wildman–Crippen LogP) is 5.04. The van der Waals surface area contributed by atoms with Gasteiger partial charge in [-0.2, -0.15) is 0 Å². The molecule has 2 aromatic heterocycles. The van der Waals surface area contributed by atoms with E-state index in [1.807, 2.05) is 68.4 Å². The van der Waals surface area contributed by atoms with Crippen LogP contribution in [0, 0.1) is 0 Å². The molecule has 0 bridgehead atoms. The maximum absolute atomic E-state index is 13.6. The lowest BCUT2D eigenvalue weighted by Crippen LogP contribution is -2.30. The maximum atomic E-state index is 13.6.